The molecule has 2 aromatic carbocycles. The van der Waals surface area contributed by atoms with Crippen molar-refractivity contribution >= 4 is 29.6 Å². The van der Waals surface area contributed by atoms with E-state index >= 15 is 0 Å². The zero-order valence-electron chi connectivity index (χ0n) is 16.1. The number of rotatable bonds is 10. The molecule has 0 heterocycles. The molecule has 0 aliphatic rings. The van der Waals surface area contributed by atoms with Crippen LogP contribution in [0.1, 0.15) is 17.5 Å². The maximum absolute atomic E-state index is 12.1. The third-order valence-corrected chi connectivity index (χ3v) is 4.31. The van der Waals surface area contributed by atoms with Gasteiger partial charge in [0.2, 0.25) is 5.91 Å². The third kappa shape index (κ3) is 8.50. The van der Waals surface area contributed by atoms with Crippen LogP contribution in [0.3, 0.4) is 0 Å². The topological polar surface area (TPSA) is 125 Å². The number of carboxylic acids is 1. The number of hydrogen-bond donors (Lipinski definition) is 4. The molecule has 0 spiro atoms. The van der Waals surface area contributed by atoms with Gasteiger partial charge in [0.05, 0.1) is 12.5 Å². The summed E-state index contributed by atoms with van der Waals surface area (Å²) in [4.78, 5) is 35.2. The molecule has 30 heavy (non-hydrogen) atoms. The van der Waals surface area contributed by atoms with E-state index in [-0.39, 0.29) is 26.0 Å². The van der Waals surface area contributed by atoms with E-state index in [0.717, 1.165) is 5.56 Å². The first-order valence-corrected chi connectivity index (χ1v) is 9.60. The maximum Gasteiger partial charge on any atom is 0.407 e. The molecule has 0 unspecified atom stereocenters. The van der Waals surface area contributed by atoms with E-state index in [2.05, 4.69) is 10.6 Å². The van der Waals surface area contributed by atoms with Gasteiger partial charge in [-0.3, -0.25) is 4.79 Å². The lowest BCUT2D eigenvalue weighted by Crippen LogP contribution is -2.44. The van der Waals surface area contributed by atoms with Crippen molar-refractivity contribution < 1.29 is 29.3 Å². The van der Waals surface area contributed by atoms with Crippen LogP contribution in [0.5, 0.6) is 0 Å². The molecule has 160 valence electrons. The van der Waals surface area contributed by atoms with Gasteiger partial charge in [0.25, 0.3) is 0 Å². The van der Waals surface area contributed by atoms with Crippen LogP contribution < -0.4 is 10.6 Å². The SMILES string of the molecule is O=C(C[C@@H](O)CNC(=O)OCc1ccccc1)N[C@@H](Cc1cccc(Cl)c1)C(=O)O. The highest BCUT2D eigenvalue weighted by atomic mass is 35.5. The highest BCUT2D eigenvalue weighted by Gasteiger charge is 2.22. The van der Waals surface area contributed by atoms with Crippen molar-refractivity contribution in [2.45, 2.75) is 31.6 Å². The number of benzene rings is 2. The molecule has 0 fully saturated rings. The van der Waals surface area contributed by atoms with Crippen LogP contribution in [0.4, 0.5) is 4.79 Å². The van der Waals surface area contributed by atoms with Crippen LogP contribution in [0.2, 0.25) is 5.02 Å². The average Bonchev–Trinajstić information content (AvgIpc) is 2.71. The summed E-state index contributed by atoms with van der Waals surface area (Å²) >= 11 is 5.89. The van der Waals surface area contributed by atoms with Crippen LogP contribution in [0.15, 0.2) is 54.6 Å². The second-order valence-electron chi connectivity index (χ2n) is 6.59. The van der Waals surface area contributed by atoms with Gasteiger partial charge in [-0.25, -0.2) is 9.59 Å². The predicted molar refractivity (Wildman–Crippen MR) is 110 cm³/mol. The predicted octanol–water partition coefficient (Wildman–Crippen LogP) is 2.13. The van der Waals surface area contributed by atoms with E-state index in [0.29, 0.717) is 10.6 Å². The monoisotopic (exact) mass is 434 g/mol. The Bertz CT molecular complexity index is 862. The molecule has 0 aliphatic carbocycles. The van der Waals surface area contributed by atoms with Crippen molar-refractivity contribution in [1.29, 1.82) is 0 Å². The number of nitrogens with one attached hydrogen (secondary N) is 2. The lowest BCUT2D eigenvalue weighted by atomic mass is 10.1. The fraction of sp³-hybridized carbons (Fsp3) is 0.286. The van der Waals surface area contributed by atoms with Crippen molar-refractivity contribution in [2.75, 3.05) is 6.54 Å². The van der Waals surface area contributed by atoms with Gasteiger partial charge in [0.1, 0.15) is 12.6 Å². The molecule has 2 aromatic rings. The van der Waals surface area contributed by atoms with Gasteiger partial charge in [-0.15, -0.1) is 0 Å². The molecule has 0 aliphatic heterocycles. The van der Waals surface area contributed by atoms with Crippen molar-refractivity contribution in [3.05, 3.63) is 70.7 Å². The van der Waals surface area contributed by atoms with E-state index in [9.17, 15) is 24.6 Å². The molecule has 0 saturated heterocycles. The molecule has 0 saturated carbocycles. The lowest BCUT2D eigenvalue weighted by Gasteiger charge is -2.17. The Balaban J connectivity index is 1.73. The quantitative estimate of drug-likeness (QED) is 0.454. The summed E-state index contributed by atoms with van der Waals surface area (Å²) in [5.74, 6) is -1.86. The minimum absolute atomic E-state index is 0.0434. The van der Waals surface area contributed by atoms with Crippen LogP contribution in [-0.4, -0.2) is 46.9 Å². The smallest absolute Gasteiger partial charge is 0.407 e. The number of carbonyl (C=O) groups excluding carboxylic acids is 2. The van der Waals surface area contributed by atoms with E-state index in [1.807, 2.05) is 18.2 Å². The standard InChI is InChI=1S/C21H23ClN2O6/c22-16-8-4-7-15(9-16)10-18(20(27)28)24-19(26)11-17(25)12-23-21(29)30-13-14-5-2-1-3-6-14/h1-9,17-18,25H,10-13H2,(H,23,29)(H,24,26)(H,27,28)/t17-,18+/m1/s1. The Morgan fingerprint density at radius 2 is 1.73 bits per heavy atom. The van der Waals surface area contributed by atoms with E-state index < -0.39 is 30.1 Å². The average molecular weight is 435 g/mol. The first kappa shape index (κ1) is 23.2. The zero-order valence-corrected chi connectivity index (χ0v) is 16.8. The highest BCUT2D eigenvalue weighted by molar-refractivity contribution is 6.30. The zero-order chi connectivity index (χ0) is 21.9. The number of hydrogen-bond acceptors (Lipinski definition) is 5. The van der Waals surface area contributed by atoms with Gasteiger partial charge in [-0.2, -0.15) is 0 Å². The normalized spacial score (nSPS) is 12.5. The summed E-state index contributed by atoms with van der Waals surface area (Å²) < 4.78 is 5.01. The maximum atomic E-state index is 12.1. The first-order chi connectivity index (χ1) is 14.3. The fourth-order valence-electron chi connectivity index (χ4n) is 2.61. The second-order valence-corrected chi connectivity index (χ2v) is 7.03. The Labute approximate surface area is 178 Å². The van der Waals surface area contributed by atoms with Crippen molar-refractivity contribution in [1.82, 2.24) is 10.6 Å². The summed E-state index contributed by atoms with van der Waals surface area (Å²) in [6.45, 7) is -0.139. The second kappa shape index (κ2) is 11.8. The molecule has 8 nitrogen and oxygen atoms in total. The fourth-order valence-corrected chi connectivity index (χ4v) is 2.83. The summed E-state index contributed by atoms with van der Waals surface area (Å²) in [6, 6.07) is 14.6. The molecule has 2 amide bonds. The molecule has 2 rings (SSSR count). The largest absolute Gasteiger partial charge is 0.480 e. The lowest BCUT2D eigenvalue weighted by molar-refractivity contribution is -0.142. The highest BCUT2D eigenvalue weighted by Crippen LogP contribution is 2.12. The van der Waals surface area contributed by atoms with Gasteiger partial charge >= 0.3 is 12.1 Å². The Hall–Kier alpha value is -3.10. The van der Waals surface area contributed by atoms with Gasteiger partial charge < -0.3 is 25.6 Å². The Morgan fingerprint density at radius 3 is 2.40 bits per heavy atom. The first-order valence-electron chi connectivity index (χ1n) is 9.22. The van der Waals surface area contributed by atoms with Gasteiger partial charge in [0, 0.05) is 18.0 Å². The van der Waals surface area contributed by atoms with E-state index in [4.69, 9.17) is 16.3 Å². The summed E-state index contributed by atoms with van der Waals surface area (Å²) in [6.07, 6.45) is -2.27. The van der Waals surface area contributed by atoms with Crippen LogP contribution >= 0.6 is 11.6 Å². The number of aliphatic hydroxyl groups is 1. The van der Waals surface area contributed by atoms with Gasteiger partial charge in [-0.1, -0.05) is 54.1 Å². The summed E-state index contributed by atoms with van der Waals surface area (Å²) in [7, 11) is 0. The van der Waals surface area contributed by atoms with Crippen LogP contribution in [0, 0.1) is 0 Å². The number of amides is 2. The van der Waals surface area contributed by atoms with Crippen LogP contribution in [-0.2, 0) is 27.4 Å². The number of halogens is 1. The molecule has 0 radical (unpaired) electrons. The Morgan fingerprint density at radius 1 is 1.03 bits per heavy atom. The molecule has 9 heteroatoms. The Kier molecular flexibility index (Phi) is 9.11. The number of carbonyl (C=O) groups is 3. The molecular formula is C21H23ClN2O6. The van der Waals surface area contributed by atoms with E-state index in [1.54, 1.807) is 36.4 Å². The number of carboxylic acid groups (broad SMARTS) is 1. The molecule has 4 N–H and O–H groups in total. The number of aliphatic hydroxyl groups excluding tert-OH is 1. The van der Waals surface area contributed by atoms with Crippen molar-refractivity contribution in [3.63, 3.8) is 0 Å². The van der Waals surface area contributed by atoms with E-state index in [1.165, 1.54) is 0 Å². The summed E-state index contributed by atoms with van der Waals surface area (Å²) in [5.41, 5.74) is 1.46. The van der Waals surface area contributed by atoms with Crippen molar-refractivity contribution in [2.24, 2.45) is 0 Å². The molecular weight excluding hydrogens is 412 g/mol. The minimum atomic E-state index is -1.21. The number of alkyl carbamates (subject to hydrolysis) is 1. The van der Waals surface area contributed by atoms with Gasteiger partial charge in [0.15, 0.2) is 0 Å². The third-order valence-electron chi connectivity index (χ3n) is 4.08. The number of aliphatic carboxylic acids is 1. The summed E-state index contributed by atoms with van der Waals surface area (Å²) in [5, 5.41) is 24.5. The number of ether oxygens (including phenoxy) is 1. The minimum Gasteiger partial charge on any atom is -0.480 e. The molecule has 0 bridgehead atoms. The van der Waals surface area contributed by atoms with Gasteiger partial charge in [-0.05, 0) is 23.3 Å². The van der Waals surface area contributed by atoms with Crippen molar-refractivity contribution in [3.8, 4) is 0 Å². The molecule has 0 aromatic heterocycles. The van der Waals surface area contributed by atoms with Crippen LogP contribution in [0.25, 0.3) is 0 Å². The molecule has 2 atom stereocenters.